The van der Waals surface area contributed by atoms with Gasteiger partial charge in [-0.3, -0.25) is 19.2 Å². The zero-order chi connectivity index (χ0) is 22.8. The number of nitrogens with two attached hydrogens (primary N) is 1. The average Bonchev–Trinajstić information content (AvgIpc) is 3.08. The van der Waals surface area contributed by atoms with Crippen LogP contribution in [-0.4, -0.2) is 72.3 Å². The predicted octanol–water partition coefficient (Wildman–Crippen LogP) is -1.53. The fourth-order valence-corrected chi connectivity index (χ4v) is 3.18. The summed E-state index contributed by atoms with van der Waals surface area (Å²) >= 11 is 0. The molecular formula is C20H26N4O7. The molecule has 1 aliphatic heterocycles. The van der Waals surface area contributed by atoms with Crippen molar-refractivity contribution >= 4 is 29.9 Å². The third-order valence-corrected chi connectivity index (χ3v) is 4.72. The molecule has 1 atom stereocenters. The fraction of sp³-hybridized carbons (Fsp3) is 0.450. The molecule has 11 nitrogen and oxygen atoms in total. The van der Waals surface area contributed by atoms with Crippen LogP contribution in [0.5, 0.6) is 5.75 Å². The Bertz CT molecular complexity index is 843. The van der Waals surface area contributed by atoms with Crippen LogP contribution in [0, 0.1) is 0 Å². The lowest BCUT2D eigenvalue weighted by atomic mass is 10.1. The molecule has 0 aliphatic carbocycles. The Hall–Kier alpha value is -3.47. The molecule has 0 saturated heterocycles. The van der Waals surface area contributed by atoms with Crippen LogP contribution in [0.2, 0.25) is 0 Å². The topological polar surface area (TPSA) is 168 Å². The number of carbonyl (C=O) groups excluding carboxylic acids is 5. The number of nitrogens with one attached hydrogen (secondary N) is 2. The summed E-state index contributed by atoms with van der Waals surface area (Å²) in [5.41, 5.74) is 6.32. The molecule has 1 aromatic rings. The third-order valence-electron chi connectivity index (χ3n) is 4.72. The van der Waals surface area contributed by atoms with Gasteiger partial charge in [-0.05, 0) is 25.0 Å². The molecular weight excluding hydrogens is 408 g/mol. The van der Waals surface area contributed by atoms with E-state index in [9.17, 15) is 24.0 Å². The molecule has 1 heterocycles. The number of hydrogen-bond donors (Lipinski definition) is 4. The Labute approximate surface area is 178 Å². The predicted molar refractivity (Wildman–Crippen MR) is 108 cm³/mol. The molecule has 0 aromatic heterocycles. The standard InChI is InChI=1S/C20H26N4O7/c21-19(29)15(5-2-9-25)24-10-14-13(20(24)30)4-1-6-16(14)31-12-18(28)23-8-3-7-22-17(27)11-26/h1,4,6,9,15,26H,2-3,5,7-8,10-12H2,(H2,21,29)(H,22,27)(H,23,28). The number of aldehydes is 1. The van der Waals surface area contributed by atoms with E-state index in [1.165, 1.54) is 4.90 Å². The number of aliphatic hydroxyl groups excluding tert-OH is 1. The van der Waals surface area contributed by atoms with Gasteiger partial charge in [0.15, 0.2) is 6.61 Å². The molecule has 31 heavy (non-hydrogen) atoms. The molecule has 1 unspecified atom stereocenters. The zero-order valence-electron chi connectivity index (χ0n) is 17.0. The first kappa shape index (κ1) is 23.8. The van der Waals surface area contributed by atoms with Gasteiger partial charge in [-0.15, -0.1) is 0 Å². The lowest BCUT2D eigenvalue weighted by molar-refractivity contribution is -0.124. The number of hydrogen-bond acceptors (Lipinski definition) is 7. The van der Waals surface area contributed by atoms with Gasteiger partial charge in [0, 0.05) is 30.6 Å². The number of fused-ring (bicyclic) bond motifs is 1. The van der Waals surface area contributed by atoms with Crippen molar-refractivity contribution in [3.05, 3.63) is 29.3 Å². The van der Waals surface area contributed by atoms with Crippen molar-refractivity contribution in [2.45, 2.75) is 31.8 Å². The maximum absolute atomic E-state index is 12.7. The zero-order valence-corrected chi connectivity index (χ0v) is 17.0. The van der Waals surface area contributed by atoms with E-state index in [4.69, 9.17) is 15.6 Å². The number of primary amides is 1. The number of benzene rings is 1. The molecule has 0 bridgehead atoms. The minimum absolute atomic E-state index is 0.0863. The number of ether oxygens (including phenoxy) is 1. The Morgan fingerprint density at radius 3 is 2.58 bits per heavy atom. The minimum Gasteiger partial charge on any atom is -0.483 e. The van der Waals surface area contributed by atoms with E-state index < -0.39 is 24.5 Å². The van der Waals surface area contributed by atoms with Gasteiger partial charge >= 0.3 is 0 Å². The molecule has 2 rings (SSSR count). The molecule has 5 N–H and O–H groups in total. The van der Waals surface area contributed by atoms with Crippen LogP contribution in [0.25, 0.3) is 0 Å². The number of rotatable bonds is 13. The van der Waals surface area contributed by atoms with Crippen molar-refractivity contribution in [3.8, 4) is 5.75 Å². The van der Waals surface area contributed by atoms with Crippen LogP contribution in [0.1, 0.15) is 35.2 Å². The molecule has 1 aliphatic rings. The molecule has 0 radical (unpaired) electrons. The SMILES string of the molecule is NC(=O)C(CCC=O)N1Cc2c(OCC(=O)NCCCNC(=O)CO)cccc2C1=O. The Balaban J connectivity index is 1.91. The maximum Gasteiger partial charge on any atom is 0.257 e. The van der Waals surface area contributed by atoms with Crippen LogP contribution >= 0.6 is 0 Å². The average molecular weight is 434 g/mol. The molecule has 1 aromatic carbocycles. The van der Waals surface area contributed by atoms with Crippen molar-refractivity contribution in [1.82, 2.24) is 15.5 Å². The monoisotopic (exact) mass is 434 g/mol. The molecule has 0 saturated carbocycles. The summed E-state index contributed by atoms with van der Waals surface area (Å²) in [7, 11) is 0. The van der Waals surface area contributed by atoms with Crippen LogP contribution in [0.3, 0.4) is 0 Å². The summed E-state index contributed by atoms with van der Waals surface area (Å²) in [5, 5.41) is 13.7. The highest BCUT2D eigenvalue weighted by atomic mass is 16.5. The van der Waals surface area contributed by atoms with Gasteiger partial charge < -0.3 is 35.9 Å². The third kappa shape index (κ3) is 6.51. The Kier molecular flexibility index (Phi) is 8.94. The number of amides is 4. The van der Waals surface area contributed by atoms with Gasteiger partial charge in [-0.2, -0.15) is 0 Å². The van der Waals surface area contributed by atoms with Crippen LogP contribution in [-0.2, 0) is 25.7 Å². The molecule has 0 fully saturated rings. The number of nitrogens with zero attached hydrogens (tertiary/aromatic N) is 1. The molecule has 4 amide bonds. The number of carbonyl (C=O) groups is 5. The first-order valence-electron chi connectivity index (χ1n) is 9.81. The second kappa shape index (κ2) is 11.6. The first-order chi connectivity index (χ1) is 14.9. The van der Waals surface area contributed by atoms with Gasteiger partial charge in [-0.1, -0.05) is 6.07 Å². The van der Waals surface area contributed by atoms with Crippen LogP contribution in [0.4, 0.5) is 0 Å². The molecule has 11 heteroatoms. The Morgan fingerprint density at radius 2 is 1.94 bits per heavy atom. The second-order valence-corrected chi connectivity index (χ2v) is 6.88. The second-order valence-electron chi connectivity index (χ2n) is 6.88. The highest BCUT2D eigenvalue weighted by Gasteiger charge is 2.36. The van der Waals surface area contributed by atoms with Crippen molar-refractivity contribution < 1.29 is 33.8 Å². The quantitative estimate of drug-likeness (QED) is 0.216. The van der Waals surface area contributed by atoms with Gasteiger partial charge in [-0.25, -0.2) is 0 Å². The van der Waals surface area contributed by atoms with Crippen LogP contribution in [0.15, 0.2) is 18.2 Å². The smallest absolute Gasteiger partial charge is 0.257 e. The van der Waals surface area contributed by atoms with Crippen LogP contribution < -0.4 is 21.1 Å². The lowest BCUT2D eigenvalue weighted by Crippen LogP contribution is -2.44. The van der Waals surface area contributed by atoms with E-state index in [0.717, 1.165) is 0 Å². The van der Waals surface area contributed by atoms with E-state index >= 15 is 0 Å². The summed E-state index contributed by atoms with van der Waals surface area (Å²) in [4.78, 5) is 59.4. The van der Waals surface area contributed by atoms with E-state index in [1.54, 1.807) is 18.2 Å². The summed E-state index contributed by atoms with van der Waals surface area (Å²) in [6.45, 7) is -0.153. The maximum atomic E-state index is 12.7. The van der Waals surface area contributed by atoms with Gasteiger partial charge in [0.25, 0.3) is 11.8 Å². The molecule has 168 valence electrons. The van der Waals surface area contributed by atoms with E-state index in [-0.39, 0.29) is 37.8 Å². The lowest BCUT2D eigenvalue weighted by Gasteiger charge is -2.24. The minimum atomic E-state index is -0.910. The summed E-state index contributed by atoms with van der Waals surface area (Å²) in [6.07, 6.45) is 1.38. The Morgan fingerprint density at radius 1 is 1.23 bits per heavy atom. The van der Waals surface area contributed by atoms with Gasteiger partial charge in [0.05, 0.1) is 6.54 Å². The fourth-order valence-electron chi connectivity index (χ4n) is 3.18. The van der Waals surface area contributed by atoms with E-state index in [2.05, 4.69) is 10.6 Å². The summed E-state index contributed by atoms with van der Waals surface area (Å²) in [6, 6.07) is 3.93. The van der Waals surface area contributed by atoms with Crippen molar-refractivity contribution in [1.29, 1.82) is 0 Å². The van der Waals surface area contributed by atoms with Gasteiger partial charge in [0.1, 0.15) is 24.7 Å². The highest BCUT2D eigenvalue weighted by Crippen LogP contribution is 2.32. The van der Waals surface area contributed by atoms with E-state index in [1.807, 2.05) is 0 Å². The van der Waals surface area contributed by atoms with Gasteiger partial charge in [0.2, 0.25) is 11.8 Å². The largest absolute Gasteiger partial charge is 0.483 e. The summed E-state index contributed by atoms with van der Waals surface area (Å²) < 4.78 is 5.58. The molecule has 0 spiro atoms. The highest BCUT2D eigenvalue weighted by molar-refractivity contribution is 6.01. The summed E-state index contributed by atoms with van der Waals surface area (Å²) in [5.74, 6) is -1.60. The van der Waals surface area contributed by atoms with Crippen molar-refractivity contribution in [2.24, 2.45) is 5.73 Å². The van der Waals surface area contributed by atoms with E-state index in [0.29, 0.717) is 42.7 Å². The normalized spacial score (nSPS) is 13.3. The first-order valence-corrected chi connectivity index (χ1v) is 9.81. The number of aliphatic hydroxyl groups is 1. The van der Waals surface area contributed by atoms with Crippen molar-refractivity contribution in [2.75, 3.05) is 26.3 Å². The van der Waals surface area contributed by atoms with Crippen molar-refractivity contribution in [3.63, 3.8) is 0 Å².